The van der Waals surface area contributed by atoms with E-state index in [9.17, 15) is 25.2 Å². The van der Waals surface area contributed by atoms with Gasteiger partial charge in [-0.3, -0.25) is 9.36 Å². The van der Waals surface area contributed by atoms with Crippen molar-refractivity contribution in [3.05, 3.63) is 11.5 Å². The van der Waals surface area contributed by atoms with Gasteiger partial charge in [-0.2, -0.15) is 0 Å². The predicted octanol–water partition coefficient (Wildman–Crippen LogP) is -1.84. The number of hydrogen-bond donors (Lipinski definition) is 5. The molecular formula is C13H16N4O6S. The normalized spacial score (nSPS) is 27.1. The number of thiol groups is 1. The quantitative estimate of drug-likeness (QED) is 0.314. The zero-order valence-electron chi connectivity index (χ0n) is 12.6. The number of hydrogen-bond acceptors (Lipinski definition) is 10. The van der Waals surface area contributed by atoms with Crippen LogP contribution in [-0.4, -0.2) is 77.3 Å². The third-order valence-corrected chi connectivity index (χ3v) is 4.09. The Kier molecular flexibility index (Phi) is 4.55. The monoisotopic (exact) mass is 356 g/mol. The topological polar surface area (TPSA) is 151 Å². The lowest BCUT2D eigenvalue weighted by Gasteiger charge is -2.24. The van der Waals surface area contributed by atoms with E-state index in [4.69, 9.17) is 4.74 Å². The number of carbonyl (C=O) groups is 1. The van der Waals surface area contributed by atoms with E-state index in [0.717, 1.165) is 0 Å². The van der Waals surface area contributed by atoms with Crippen molar-refractivity contribution in [3.63, 3.8) is 0 Å². The minimum absolute atomic E-state index is 0.0670. The first-order valence-electron chi connectivity index (χ1n) is 7.11. The predicted molar refractivity (Wildman–Crippen MR) is 80.9 cm³/mol. The molecule has 1 saturated heterocycles. The number of ether oxygens (including phenoxy) is 1. The summed E-state index contributed by atoms with van der Waals surface area (Å²) in [5.74, 6) is -0.267. The Morgan fingerprint density at radius 1 is 1.25 bits per heavy atom. The summed E-state index contributed by atoms with van der Waals surface area (Å²) in [7, 11) is 0. The van der Waals surface area contributed by atoms with Crippen LogP contribution in [0.3, 0.4) is 0 Å². The molecule has 130 valence electrons. The lowest BCUT2D eigenvalue weighted by molar-refractivity contribution is -0.0551. The highest BCUT2D eigenvalue weighted by molar-refractivity contribution is 7.80. The molecule has 0 amide bonds. The van der Waals surface area contributed by atoms with Gasteiger partial charge in [0.2, 0.25) is 5.78 Å². The number of imidazole rings is 1. The minimum atomic E-state index is -1.41. The Balaban J connectivity index is 2.22. The Morgan fingerprint density at radius 2 is 1.96 bits per heavy atom. The van der Waals surface area contributed by atoms with Crippen molar-refractivity contribution in [2.24, 2.45) is 0 Å². The van der Waals surface area contributed by atoms with Crippen molar-refractivity contribution in [1.29, 1.82) is 0 Å². The van der Waals surface area contributed by atoms with Crippen LogP contribution in [0, 0.1) is 6.92 Å². The first kappa shape index (κ1) is 17.2. The molecule has 1 fully saturated rings. The first-order valence-corrected chi connectivity index (χ1v) is 7.55. The molecule has 3 rings (SSSR count). The Bertz CT molecular complexity index is 753. The van der Waals surface area contributed by atoms with Gasteiger partial charge < -0.3 is 25.2 Å². The van der Waals surface area contributed by atoms with Gasteiger partial charge in [0.1, 0.15) is 42.1 Å². The van der Waals surface area contributed by atoms with Gasteiger partial charge >= 0.3 is 0 Å². The molecule has 11 heteroatoms. The van der Waals surface area contributed by atoms with Crippen LogP contribution in [0.2, 0.25) is 0 Å². The van der Waals surface area contributed by atoms with E-state index in [1.54, 1.807) is 6.92 Å². The Labute approximate surface area is 141 Å². The summed E-state index contributed by atoms with van der Waals surface area (Å²) >= 11 is 4.03. The maximum Gasteiger partial charge on any atom is 0.206 e. The molecule has 3 aliphatic rings. The largest absolute Gasteiger partial charge is 0.394 e. The SMILES string of the molecule is Cc1nc2nc(S)nc-2c(C(=O)CO)n1[C@@H]1O[C@H](CO)[C@@H](O)[C@H]1O. The van der Waals surface area contributed by atoms with Gasteiger partial charge in [0.05, 0.1) is 6.61 Å². The number of aromatic nitrogens is 4. The molecule has 0 unspecified atom stereocenters. The number of nitrogens with zero attached hydrogens (tertiary/aromatic N) is 4. The standard InChI is InChI=1S/C13H16N4O6S/c1-4-14-11-7(15-13(24)16-11)8(5(20)2-18)17(4)12-10(22)9(21)6(3-19)23-12/h6,9-10,12,18-19,21-22H,2-3H2,1H3,(H,15,24)/t6-,9-,10-,12-/m1/s1. The smallest absolute Gasteiger partial charge is 0.206 e. The van der Waals surface area contributed by atoms with Crippen molar-refractivity contribution < 1.29 is 30.0 Å². The van der Waals surface area contributed by atoms with Gasteiger partial charge in [0.25, 0.3) is 0 Å². The number of aryl methyl sites for hydroxylation is 1. The molecule has 10 nitrogen and oxygen atoms in total. The average Bonchev–Trinajstić information content (AvgIpc) is 3.05. The molecule has 0 aliphatic carbocycles. The molecule has 0 radical (unpaired) electrons. The molecule has 0 saturated carbocycles. The Hall–Kier alpha value is -1.63. The second-order valence-electron chi connectivity index (χ2n) is 5.38. The van der Waals surface area contributed by atoms with E-state index >= 15 is 0 Å². The van der Waals surface area contributed by atoms with Gasteiger partial charge in [-0.15, -0.1) is 12.6 Å². The van der Waals surface area contributed by atoms with Crippen molar-refractivity contribution in [3.8, 4) is 11.5 Å². The average molecular weight is 356 g/mol. The van der Waals surface area contributed by atoms with E-state index < -0.39 is 43.5 Å². The van der Waals surface area contributed by atoms with Crippen molar-refractivity contribution in [2.75, 3.05) is 13.2 Å². The second-order valence-corrected chi connectivity index (χ2v) is 5.78. The summed E-state index contributed by atoms with van der Waals surface area (Å²) in [4.78, 5) is 24.5. The number of aliphatic hydroxyl groups is 4. The van der Waals surface area contributed by atoms with Crippen LogP contribution in [0.25, 0.3) is 11.5 Å². The zero-order chi connectivity index (χ0) is 17.6. The van der Waals surface area contributed by atoms with Crippen LogP contribution in [0.5, 0.6) is 0 Å². The van der Waals surface area contributed by atoms with Gasteiger partial charge in [0, 0.05) is 0 Å². The van der Waals surface area contributed by atoms with Crippen LogP contribution >= 0.6 is 12.6 Å². The fraction of sp³-hybridized carbons (Fsp3) is 0.538. The molecular weight excluding hydrogens is 340 g/mol. The fourth-order valence-corrected chi connectivity index (χ4v) is 2.98. The molecule has 0 aromatic rings. The van der Waals surface area contributed by atoms with Crippen LogP contribution in [0.15, 0.2) is 5.16 Å². The summed E-state index contributed by atoms with van der Waals surface area (Å²) in [6, 6.07) is 0. The number of fused-ring (bicyclic) bond motifs is 1. The molecule has 3 heterocycles. The summed E-state index contributed by atoms with van der Waals surface area (Å²) < 4.78 is 6.71. The highest BCUT2D eigenvalue weighted by Gasteiger charge is 2.45. The van der Waals surface area contributed by atoms with E-state index in [1.165, 1.54) is 4.57 Å². The van der Waals surface area contributed by atoms with Crippen LogP contribution < -0.4 is 0 Å². The maximum atomic E-state index is 12.3. The lowest BCUT2D eigenvalue weighted by atomic mass is 10.1. The highest BCUT2D eigenvalue weighted by atomic mass is 32.1. The number of carbonyl (C=O) groups excluding carboxylic acids is 1. The lowest BCUT2D eigenvalue weighted by Crippen LogP contribution is -2.34. The molecule has 0 bridgehead atoms. The van der Waals surface area contributed by atoms with Crippen molar-refractivity contribution >= 4 is 18.4 Å². The maximum absolute atomic E-state index is 12.3. The van der Waals surface area contributed by atoms with Gasteiger partial charge in [-0.25, -0.2) is 15.0 Å². The van der Waals surface area contributed by atoms with E-state index in [-0.39, 0.29) is 28.2 Å². The molecule has 0 aromatic heterocycles. The second kappa shape index (κ2) is 6.35. The third-order valence-electron chi connectivity index (χ3n) is 3.89. The van der Waals surface area contributed by atoms with E-state index in [2.05, 4.69) is 27.6 Å². The van der Waals surface area contributed by atoms with Gasteiger partial charge in [-0.05, 0) is 6.92 Å². The number of Topliss-reactive ketones (excluding diaryl/α,β-unsaturated/α-hetero) is 1. The highest BCUT2D eigenvalue weighted by Crippen LogP contribution is 2.34. The van der Waals surface area contributed by atoms with E-state index in [1.807, 2.05) is 0 Å². The van der Waals surface area contributed by atoms with Gasteiger partial charge in [-0.1, -0.05) is 0 Å². The van der Waals surface area contributed by atoms with E-state index in [0.29, 0.717) is 0 Å². The molecule has 4 atom stereocenters. The third kappa shape index (κ3) is 2.59. The van der Waals surface area contributed by atoms with Crippen molar-refractivity contribution in [2.45, 2.75) is 36.6 Å². The first-order chi connectivity index (χ1) is 11.4. The number of aliphatic hydroxyl groups excluding tert-OH is 4. The van der Waals surface area contributed by atoms with Crippen LogP contribution in [-0.2, 0) is 4.74 Å². The van der Waals surface area contributed by atoms with Crippen LogP contribution in [0.4, 0.5) is 0 Å². The Morgan fingerprint density at radius 3 is 2.54 bits per heavy atom. The van der Waals surface area contributed by atoms with Crippen LogP contribution in [0.1, 0.15) is 22.5 Å². The zero-order valence-corrected chi connectivity index (χ0v) is 13.5. The molecule has 0 spiro atoms. The summed E-state index contributed by atoms with van der Waals surface area (Å²) in [5.41, 5.74) is 0.0324. The summed E-state index contributed by atoms with van der Waals surface area (Å²) in [5, 5.41) is 38.8. The number of rotatable bonds is 4. The molecule has 4 N–H and O–H groups in total. The van der Waals surface area contributed by atoms with Crippen molar-refractivity contribution in [1.82, 2.24) is 19.5 Å². The minimum Gasteiger partial charge on any atom is -0.394 e. The molecule has 3 aliphatic heterocycles. The summed E-state index contributed by atoms with van der Waals surface area (Å²) in [6.45, 7) is 0.238. The van der Waals surface area contributed by atoms with Gasteiger partial charge in [0.15, 0.2) is 17.2 Å². The summed E-state index contributed by atoms with van der Waals surface area (Å²) in [6.07, 6.45) is -4.95. The fourth-order valence-electron chi connectivity index (χ4n) is 2.79. The number of ketones is 1. The molecule has 24 heavy (non-hydrogen) atoms. The molecule has 0 aromatic carbocycles.